The highest BCUT2D eigenvalue weighted by Crippen LogP contribution is 2.31. The highest BCUT2D eigenvalue weighted by Gasteiger charge is 2.34. The Kier molecular flexibility index (Phi) is 5.15. The largest absolute Gasteiger partial charge is 0.303 e. The van der Waals surface area contributed by atoms with Crippen LogP contribution in [0.5, 0.6) is 0 Å². The van der Waals surface area contributed by atoms with Crippen molar-refractivity contribution in [1.29, 1.82) is 0 Å². The van der Waals surface area contributed by atoms with Crippen LogP contribution >= 0.6 is 45.4 Å². The third-order valence-corrected chi connectivity index (χ3v) is 7.64. The van der Waals surface area contributed by atoms with Crippen LogP contribution in [0.15, 0.2) is 23.6 Å². The van der Waals surface area contributed by atoms with E-state index in [1.165, 1.54) is 0 Å². The Morgan fingerprint density at radius 1 is 1.00 bits per heavy atom. The maximum absolute atomic E-state index is 5.97. The van der Waals surface area contributed by atoms with E-state index in [1.807, 2.05) is 0 Å². The lowest BCUT2D eigenvalue weighted by Crippen LogP contribution is -2.27. The van der Waals surface area contributed by atoms with E-state index in [0.717, 1.165) is 0 Å². The summed E-state index contributed by atoms with van der Waals surface area (Å²) in [6.07, 6.45) is 0. The van der Waals surface area contributed by atoms with Crippen LogP contribution in [0.25, 0.3) is 0 Å². The molecule has 0 nitrogen and oxygen atoms in total. The van der Waals surface area contributed by atoms with E-state index in [2.05, 4.69) is 13.2 Å². The summed E-state index contributed by atoms with van der Waals surface area (Å²) in [6.45, 7) is 4.70. The highest BCUT2D eigenvalue weighted by atomic mass is 35.7. The fourth-order valence-electron chi connectivity index (χ4n) is 0.418. The minimum absolute atomic E-state index is 0.259. The van der Waals surface area contributed by atoms with Crippen molar-refractivity contribution in [2.45, 2.75) is 0 Å². The van der Waals surface area contributed by atoms with Gasteiger partial charge in [0.15, 0.2) is 0 Å². The Bertz CT molecular complexity index is 157. The van der Waals surface area contributed by atoms with Crippen molar-refractivity contribution in [3.05, 3.63) is 23.6 Å². The zero-order chi connectivity index (χ0) is 9.07. The number of alkyl halides is 2. The van der Waals surface area contributed by atoms with Gasteiger partial charge in [-0.3, -0.25) is 0 Å². The summed E-state index contributed by atoms with van der Waals surface area (Å²) >= 11 is 23.0. The molecule has 0 spiro atoms. The number of allylic oxidation sites excluding steroid dienone is 2. The maximum atomic E-state index is 5.97. The second-order valence-electron chi connectivity index (χ2n) is 2.05. The molecule has 0 aliphatic heterocycles. The first kappa shape index (κ1) is 11.9. The molecule has 0 fully saturated rings. The van der Waals surface area contributed by atoms with Gasteiger partial charge < -0.3 is 0 Å². The molecule has 0 aliphatic rings. The topological polar surface area (TPSA) is 0 Å². The van der Waals surface area contributed by atoms with Crippen LogP contribution in [0, 0.1) is 0 Å². The third kappa shape index (κ3) is 3.00. The summed E-state index contributed by atoms with van der Waals surface area (Å²) in [4.78, 5) is 0. The van der Waals surface area contributed by atoms with E-state index >= 15 is 0 Å². The molecule has 0 rings (SSSR count). The fourth-order valence-corrected chi connectivity index (χ4v) is 4.08. The SMILES string of the molecule is C=C(CCl)[Si](Cl)(Cl)C(=C)CCl. The van der Waals surface area contributed by atoms with Crippen LogP contribution in [0.1, 0.15) is 0 Å². The van der Waals surface area contributed by atoms with Gasteiger partial charge in [0.1, 0.15) is 0 Å². The van der Waals surface area contributed by atoms with Crippen LogP contribution in [0.3, 0.4) is 0 Å². The van der Waals surface area contributed by atoms with Gasteiger partial charge in [0, 0.05) is 11.8 Å². The molecule has 0 unspecified atom stereocenters. The molecule has 0 aliphatic carbocycles. The zero-order valence-electron chi connectivity index (χ0n) is 5.84. The molecule has 64 valence electrons. The quantitative estimate of drug-likeness (QED) is 0.406. The van der Waals surface area contributed by atoms with Crippen LogP contribution in [0.2, 0.25) is 0 Å². The normalized spacial score (nSPS) is 11.3. The van der Waals surface area contributed by atoms with Gasteiger partial charge in [-0.1, -0.05) is 13.2 Å². The van der Waals surface area contributed by atoms with Crippen molar-refractivity contribution < 1.29 is 0 Å². The van der Waals surface area contributed by atoms with E-state index < -0.39 is 6.69 Å². The van der Waals surface area contributed by atoms with Crippen molar-refractivity contribution in [3.63, 3.8) is 0 Å². The standard InChI is InChI=1S/C6H8Cl4Si/c1-5(3-7)11(9,10)6(2)4-8/h1-4H2. The molecule has 0 saturated heterocycles. The molecule has 11 heavy (non-hydrogen) atoms. The molecular formula is C6H8Cl4Si. The Morgan fingerprint density at radius 3 is 1.45 bits per heavy atom. The van der Waals surface area contributed by atoms with Crippen molar-refractivity contribution in [2.75, 3.05) is 11.8 Å². The molecule has 0 aromatic carbocycles. The number of halogens is 4. The summed E-state index contributed by atoms with van der Waals surface area (Å²) in [5, 5.41) is 1.27. The average Bonchev–Trinajstić information content (AvgIpc) is 2.01. The summed E-state index contributed by atoms with van der Waals surface area (Å²) in [5.41, 5.74) is 0. The predicted octanol–water partition coefficient (Wildman–Crippen LogP) is 3.57. The van der Waals surface area contributed by atoms with E-state index in [9.17, 15) is 0 Å². The van der Waals surface area contributed by atoms with E-state index in [-0.39, 0.29) is 11.8 Å². The number of hydrogen-bond acceptors (Lipinski definition) is 0. The highest BCUT2D eigenvalue weighted by molar-refractivity contribution is 7.51. The summed E-state index contributed by atoms with van der Waals surface area (Å²) in [6, 6.07) is 0. The minimum Gasteiger partial charge on any atom is -0.134 e. The third-order valence-electron chi connectivity index (χ3n) is 1.21. The minimum atomic E-state index is -2.62. The van der Waals surface area contributed by atoms with Crippen molar-refractivity contribution in [3.8, 4) is 0 Å². The molecular weight excluding hydrogens is 242 g/mol. The second kappa shape index (κ2) is 4.78. The van der Waals surface area contributed by atoms with E-state index in [4.69, 9.17) is 45.4 Å². The molecule has 0 atom stereocenters. The van der Waals surface area contributed by atoms with Gasteiger partial charge in [-0.2, -0.15) is 0 Å². The van der Waals surface area contributed by atoms with Gasteiger partial charge in [0.2, 0.25) is 0 Å². The summed E-state index contributed by atoms with van der Waals surface area (Å²) in [5.74, 6) is 0.518. The molecule has 0 aromatic rings. The van der Waals surface area contributed by atoms with Crippen LogP contribution in [-0.4, -0.2) is 18.5 Å². The van der Waals surface area contributed by atoms with Gasteiger partial charge in [0.25, 0.3) is 0 Å². The van der Waals surface area contributed by atoms with Crippen molar-refractivity contribution in [2.24, 2.45) is 0 Å². The van der Waals surface area contributed by atoms with Crippen molar-refractivity contribution >= 4 is 52.1 Å². The molecule has 0 saturated carbocycles. The molecule has 0 N–H and O–H groups in total. The smallest absolute Gasteiger partial charge is 0.134 e. The average molecular weight is 250 g/mol. The first-order valence-corrected chi connectivity index (χ1v) is 7.92. The maximum Gasteiger partial charge on any atom is 0.303 e. The van der Waals surface area contributed by atoms with E-state index in [0.29, 0.717) is 10.4 Å². The Balaban J connectivity index is 4.44. The predicted molar refractivity (Wildman–Crippen MR) is 57.2 cm³/mol. The summed E-state index contributed by atoms with van der Waals surface area (Å²) < 4.78 is 0. The molecule has 0 amide bonds. The van der Waals surface area contributed by atoms with Gasteiger partial charge in [-0.15, -0.1) is 45.4 Å². The van der Waals surface area contributed by atoms with E-state index in [1.54, 1.807) is 0 Å². The van der Waals surface area contributed by atoms with Gasteiger partial charge in [0.05, 0.1) is 0 Å². The first-order valence-electron chi connectivity index (χ1n) is 2.83. The van der Waals surface area contributed by atoms with Crippen LogP contribution < -0.4 is 0 Å². The molecule has 5 heteroatoms. The van der Waals surface area contributed by atoms with Crippen LogP contribution in [0.4, 0.5) is 0 Å². The lowest BCUT2D eigenvalue weighted by molar-refractivity contribution is 1.61. The summed E-state index contributed by atoms with van der Waals surface area (Å²) in [7, 11) is 0. The molecule has 0 radical (unpaired) electrons. The second-order valence-corrected chi connectivity index (χ2v) is 9.13. The fraction of sp³-hybridized carbons (Fsp3) is 0.333. The Labute approximate surface area is 87.2 Å². The number of rotatable bonds is 4. The zero-order valence-corrected chi connectivity index (χ0v) is 9.86. The van der Waals surface area contributed by atoms with Crippen molar-refractivity contribution in [1.82, 2.24) is 0 Å². The Hall–Kier alpha value is 0.857. The number of hydrogen-bond donors (Lipinski definition) is 0. The lowest BCUT2D eigenvalue weighted by Gasteiger charge is -2.18. The molecule has 0 bridgehead atoms. The van der Waals surface area contributed by atoms with Gasteiger partial charge in [-0.25, -0.2) is 0 Å². The lowest BCUT2D eigenvalue weighted by atomic mass is 10.7. The monoisotopic (exact) mass is 248 g/mol. The van der Waals surface area contributed by atoms with Crippen LogP contribution in [-0.2, 0) is 0 Å². The van der Waals surface area contributed by atoms with Gasteiger partial charge >= 0.3 is 6.69 Å². The molecule has 0 aromatic heterocycles. The Morgan fingerprint density at radius 2 is 1.27 bits per heavy atom. The first-order chi connectivity index (χ1) is 4.96. The van der Waals surface area contributed by atoms with Gasteiger partial charge in [-0.05, 0) is 10.4 Å². The molecule has 0 heterocycles.